The van der Waals surface area contributed by atoms with E-state index in [0.717, 1.165) is 16.5 Å². The third kappa shape index (κ3) is 4.15. The van der Waals surface area contributed by atoms with Crippen molar-refractivity contribution < 1.29 is 14.3 Å². The smallest absolute Gasteiger partial charge is 0.224 e. The second-order valence-electron chi connectivity index (χ2n) is 5.91. The van der Waals surface area contributed by atoms with Crippen LogP contribution in [0, 0.1) is 5.92 Å². The molecule has 1 aliphatic rings. The van der Waals surface area contributed by atoms with Gasteiger partial charge in [-0.05, 0) is 36.5 Å². The third-order valence-corrected chi connectivity index (χ3v) is 5.10. The number of amides is 1. The first kappa shape index (κ1) is 17.1. The van der Waals surface area contributed by atoms with Crippen molar-refractivity contribution >= 4 is 21.8 Å². The van der Waals surface area contributed by atoms with Crippen molar-refractivity contribution in [3.63, 3.8) is 0 Å². The summed E-state index contributed by atoms with van der Waals surface area (Å²) in [6, 6.07) is 4.00. The number of hydrogen-bond acceptors (Lipinski definition) is 3. The number of carbonyl (C=O) groups excluding carboxylic acids is 1. The summed E-state index contributed by atoms with van der Waals surface area (Å²) in [6.45, 7) is 2.22. The van der Waals surface area contributed by atoms with Crippen LogP contribution in [0.3, 0.4) is 0 Å². The Labute approximate surface area is 140 Å². The Morgan fingerprint density at radius 3 is 2.50 bits per heavy atom. The van der Waals surface area contributed by atoms with Crippen LogP contribution in [0.1, 0.15) is 38.2 Å². The molecule has 0 aromatic heterocycles. The molecule has 0 bridgehead atoms. The van der Waals surface area contributed by atoms with E-state index in [2.05, 4.69) is 28.2 Å². The maximum absolute atomic E-state index is 12.3. The molecule has 0 unspecified atom stereocenters. The highest BCUT2D eigenvalue weighted by Crippen LogP contribution is 2.33. The molecule has 0 heterocycles. The number of nitrogens with one attached hydrogen (secondary N) is 1. The van der Waals surface area contributed by atoms with E-state index in [4.69, 9.17) is 9.47 Å². The highest BCUT2D eigenvalue weighted by atomic mass is 79.9. The number of benzene rings is 1. The van der Waals surface area contributed by atoms with Crippen LogP contribution in [0.5, 0.6) is 11.5 Å². The van der Waals surface area contributed by atoms with Crippen molar-refractivity contribution in [2.24, 2.45) is 5.92 Å². The summed E-state index contributed by atoms with van der Waals surface area (Å²) >= 11 is 3.50. The number of halogens is 1. The predicted octanol–water partition coefficient (Wildman–Crippen LogP) is 3.70. The van der Waals surface area contributed by atoms with Crippen molar-refractivity contribution in [3.8, 4) is 11.5 Å². The van der Waals surface area contributed by atoms with Gasteiger partial charge in [0.05, 0.1) is 20.6 Å². The highest BCUT2D eigenvalue weighted by molar-refractivity contribution is 9.10. The molecule has 122 valence electrons. The maximum Gasteiger partial charge on any atom is 0.224 e. The second kappa shape index (κ2) is 7.86. The first-order valence-electron chi connectivity index (χ1n) is 7.75. The standard InChI is InChI=1S/C17H24BrNO3/c1-11-6-4-5-7-14(11)19-17(20)9-12-8-15(21-2)16(22-3)10-13(12)18/h8,10-11,14H,4-7,9H2,1-3H3,(H,19,20)/t11-,14+/m1/s1. The summed E-state index contributed by atoms with van der Waals surface area (Å²) in [5, 5.41) is 3.18. The van der Waals surface area contributed by atoms with E-state index in [0.29, 0.717) is 29.9 Å². The van der Waals surface area contributed by atoms with E-state index >= 15 is 0 Å². The van der Waals surface area contributed by atoms with Crippen LogP contribution in [-0.4, -0.2) is 26.2 Å². The van der Waals surface area contributed by atoms with Gasteiger partial charge in [-0.2, -0.15) is 0 Å². The molecule has 1 aromatic carbocycles. The number of hydrogen-bond donors (Lipinski definition) is 1. The number of methoxy groups -OCH3 is 2. The summed E-state index contributed by atoms with van der Waals surface area (Å²) in [6.07, 6.45) is 5.10. The van der Waals surface area contributed by atoms with Crippen LogP contribution in [0.4, 0.5) is 0 Å². The van der Waals surface area contributed by atoms with E-state index in [-0.39, 0.29) is 5.91 Å². The number of ether oxygens (including phenoxy) is 2. The van der Waals surface area contributed by atoms with Gasteiger partial charge in [-0.3, -0.25) is 4.79 Å². The lowest BCUT2D eigenvalue weighted by atomic mass is 9.86. The Hall–Kier alpha value is -1.23. The molecule has 22 heavy (non-hydrogen) atoms. The predicted molar refractivity (Wildman–Crippen MR) is 90.5 cm³/mol. The minimum atomic E-state index is 0.0617. The molecule has 0 aliphatic heterocycles. The average molecular weight is 370 g/mol. The molecule has 0 saturated heterocycles. The van der Waals surface area contributed by atoms with Crippen LogP contribution in [0.15, 0.2) is 16.6 Å². The van der Waals surface area contributed by atoms with Crippen LogP contribution < -0.4 is 14.8 Å². The Morgan fingerprint density at radius 2 is 1.86 bits per heavy atom. The molecule has 4 nitrogen and oxygen atoms in total. The molecule has 1 amide bonds. The highest BCUT2D eigenvalue weighted by Gasteiger charge is 2.23. The molecule has 1 N–H and O–H groups in total. The monoisotopic (exact) mass is 369 g/mol. The molecule has 1 aliphatic carbocycles. The Kier molecular flexibility index (Phi) is 6.12. The SMILES string of the molecule is COc1cc(Br)c(CC(=O)N[C@H]2CCCC[C@H]2C)cc1OC. The Balaban J connectivity index is 2.04. The van der Waals surface area contributed by atoms with Gasteiger partial charge < -0.3 is 14.8 Å². The first-order chi connectivity index (χ1) is 10.5. The van der Waals surface area contributed by atoms with Gasteiger partial charge in [-0.25, -0.2) is 0 Å². The molecule has 2 rings (SSSR count). The summed E-state index contributed by atoms with van der Waals surface area (Å²) < 4.78 is 11.4. The van der Waals surface area contributed by atoms with Crippen molar-refractivity contribution in [3.05, 3.63) is 22.2 Å². The van der Waals surface area contributed by atoms with Gasteiger partial charge in [-0.15, -0.1) is 0 Å². The van der Waals surface area contributed by atoms with Crippen LogP contribution in [0.2, 0.25) is 0 Å². The van der Waals surface area contributed by atoms with Gasteiger partial charge in [0.15, 0.2) is 11.5 Å². The molecule has 5 heteroatoms. The van der Waals surface area contributed by atoms with Gasteiger partial charge >= 0.3 is 0 Å². The zero-order valence-electron chi connectivity index (χ0n) is 13.4. The maximum atomic E-state index is 12.3. The molecule has 2 atom stereocenters. The normalized spacial score (nSPS) is 21.3. The molecule has 1 fully saturated rings. The first-order valence-corrected chi connectivity index (χ1v) is 8.54. The van der Waals surface area contributed by atoms with Gasteiger partial charge in [0, 0.05) is 10.5 Å². The second-order valence-corrected chi connectivity index (χ2v) is 6.77. The fourth-order valence-corrected chi connectivity index (χ4v) is 3.46. The molecule has 0 spiro atoms. The molecular formula is C17H24BrNO3. The minimum absolute atomic E-state index is 0.0617. The Morgan fingerprint density at radius 1 is 1.23 bits per heavy atom. The summed E-state index contributed by atoms with van der Waals surface area (Å²) in [4.78, 5) is 12.3. The lowest BCUT2D eigenvalue weighted by molar-refractivity contribution is -0.121. The van der Waals surface area contributed by atoms with Crippen LogP contribution in [-0.2, 0) is 11.2 Å². The number of rotatable bonds is 5. The van der Waals surface area contributed by atoms with Crippen LogP contribution >= 0.6 is 15.9 Å². The largest absolute Gasteiger partial charge is 0.493 e. The molecule has 1 saturated carbocycles. The zero-order chi connectivity index (χ0) is 16.1. The van der Waals surface area contributed by atoms with Gasteiger partial charge in [-0.1, -0.05) is 35.7 Å². The van der Waals surface area contributed by atoms with E-state index < -0.39 is 0 Å². The zero-order valence-corrected chi connectivity index (χ0v) is 15.0. The van der Waals surface area contributed by atoms with Crippen molar-refractivity contribution in [1.82, 2.24) is 5.32 Å². The van der Waals surface area contributed by atoms with Crippen molar-refractivity contribution in [2.45, 2.75) is 45.1 Å². The summed E-state index contributed by atoms with van der Waals surface area (Å²) in [5.74, 6) is 1.91. The third-order valence-electron chi connectivity index (χ3n) is 4.36. The van der Waals surface area contributed by atoms with Crippen molar-refractivity contribution in [2.75, 3.05) is 14.2 Å². The molecular weight excluding hydrogens is 346 g/mol. The van der Waals surface area contributed by atoms with E-state index in [1.165, 1.54) is 19.3 Å². The fourth-order valence-electron chi connectivity index (χ4n) is 2.99. The van der Waals surface area contributed by atoms with Crippen LogP contribution in [0.25, 0.3) is 0 Å². The minimum Gasteiger partial charge on any atom is -0.493 e. The van der Waals surface area contributed by atoms with Gasteiger partial charge in [0.1, 0.15) is 0 Å². The Bertz CT molecular complexity index is 533. The van der Waals surface area contributed by atoms with Gasteiger partial charge in [0.2, 0.25) is 5.91 Å². The topological polar surface area (TPSA) is 47.6 Å². The van der Waals surface area contributed by atoms with Crippen molar-refractivity contribution in [1.29, 1.82) is 0 Å². The van der Waals surface area contributed by atoms with E-state index in [1.54, 1.807) is 14.2 Å². The quantitative estimate of drug-likeness (QED) is 0.860. The average Bonchev–Trinajstić information content (AvgIpc) is 2.51. The summed E-state index contributed by atoms with van der Waals surface area (Å²) in [5.41, 5.74) is 0.901. The number of carbonyl (C=O) groups is 1. The molecule has 0 radical (unpaired) electrons. The summed E-state index contributed by atoms with van der Waals surface area (Å²) in [7, 11) is 3.19. The van der Waals surface area contributed by atoms with E-state index in [1.807, 2.05) is 12.1 Å². The molecule has 1 aromatic rings. The van der Waals surface area contributed by atoms with Gasteiger partial charge in [0.25, 0.3) is 0 Å². The fraction of sp³-hybridized carbons (Fsp3) is 0.588. The lowest BCUT2D eigenvalue weighted by Gasteiger charge is -2.29. The van der Waals surface area contributed by atoms with E-state index in [9.17, 15) is 4.79 Å². The lowest BCUT2D eigenvalue weighted by Crippen LogP contribution is -2.41.